The predicted octanol–water partition coefficient (Wildman–Crippen LogP) is 3.88. The van der Waals surface area contributed by atoms with E-state index in [0.29, 0.717) is 23.9 Å². The zero-order chi connectivity index (χ0) is 22.6. The SMILES string of the molecule is O=C([C@@H]1CCCN1)N1CCC[C@@H](c2cc(Nc3cccc(F)c3)nc(-c3cccnc3)n2)C1. The highest BCUT2D eigenvalue weighted by molar-refractivity contribution is 5.82. The molecule has 2 saturated heterocycles. The summed E-state index contributed by atoms with van der Waals surface area (Å²) < 4.78 is 13.7. The molecule has 0 aliphatic carbocycles. The maximum Gasteiger partial charge on any atom is 0.239 e. The van der Waals surface area contributed by atoms with Crippen molar-refractivity contribution in [3.63, 3.8) is 0 Å². The van der Waals surface area contributed by atoms with Crippen molar-refractivity contribution in [2.24, 2.45) is 0 Å². The lowest BCUT2D eigenvalue weighted by Crippen LogP contribution is -2.47. The maximum atomic E-state index is 13.7. The largest absolute Gasteiger partial charge is 0.341 e. The molecule has 33 heavy (non-hydrogen) atoms. The Morgan fingerprint density at radius 1 is 1.12 bits per heavy atom. The molecule has 0 bridgehead atoms. The van der Waals surface area contributed by atoms with E-state index in [9.17, 15) is 9.18 Å². The molecule has 2 aliphatic rings. The van der Waals surface area contributed by atoms with Crippen molar-refractivity contribution in [2.75, 3.05) is 25.0 Å². The van der Waals surface area contributed by atoms with Gasteiger partial charge in [0, 0.05) is 48.7 Å². The van der Waals surface area contributed by atoms with E-state index in [1.807, 2.05) is 23.1 Å². The summed E-state index contributed by atoms with van der Waals surface area (Å²) in [7, 11) is 0. The Hall–Kier alpha value is -3.39. The van der Waals surface area contributed by atoms with Crippen LogP contribution in [0.5, 0.6) is 0 Å². The molecular formula is C25H27FN6O. The first-order valence-corrected chi connectivity index (χ1v) is 11.5. The van der Waals surface area contributed by atoms with Crippen LogP contribution in [0.15, 0.2) is 54.9 Å². The number of anilines is 2. The van der Waals surface area contributed by atoms with Gasteiger partial charge in [-0.1, -0.05) is 6.07 Å². The Bertz CT molecular complexity index is 1120. The minimum Gasteiger partial charge on any atom is -0.341 e. The molecule has 2 atom stereocenters. The predicted molar refractivity (Wildman–Crippen MR) is 125 cm³/mol. The standard InChI is InChI=1S/C25H27FN6O/c26-19-7-1-8-20(13-19)29-23-14-22(30-24(31-23)17-5-2-10-27-15-17)18-6-4-12-32(16-18)25(33)21-9-3-11-28-21/h1-2,5,7-8,10,13-15,18,21,28H,3-4,6,9,11-12,16H2,(H,29,30,31)/t18-,21+/m1/s1. The highest BCUT2D eigenvalue weighted by atomic mass is 19.1. The van der Waals surface area contributed by atoms with E-state index in [2.05, 4.69) is 20.6 Å². The summed E-state index contributed by atoms with van der Waals surface area (Å²) in [6.07, 6.45) is 7.27. The molecular weight excluding hydrogens is 419 g/mol. The van der Waals surface area contributed by atoms with Crippen molar-refractivity contribution in [2.45, 2.75) is 37.6 Å². The summed E-state index contributed by atoms with van der Waals surface area (Å²) >= 11 is 0. The minimum atomic E-state index is -0.316. The first-order valence-electron chi connectivity index (χ1n) is 11.5. The topological polar surface area (TPSA) is 83.0 Å². The van der Waals surface area contributed by atoms with E-state index in [-0.39, 0.29) is 23.7 Å². The summed E-state index contributed by atoms with van der Waals surface area (Å²) in [4.78, 5) is 28.7. The molecule has 8 heteroatoms. The van der Waals surface area contributed by atoms with Gasteiger partial charge in [0.2, 0.25) is 5.91 Å². The number of nitrogens with zero attached hydrogens (tertiary/aromatic N) is 4. The van der Waals surface area contributed by atoms with Crippen molar-refractivity contribution < 1.29 is 9.18 Å². The molecule has 4 heterocycles. The number of carbonyl (C=O) groups is 1. The first kappa shape index (κ1) is 21.5. The number of rotatable bonds is 5. The summed E-state index contributed by atoms with van der Waals surface area (Å²) in [5.74, 6) is 1.13. The van der Waals surface area contributed by atoms with Gasteiger partial charge in [0.05, 0.1) is 11.7 Å². The normalized spacial score (nSPS) is 20.6. The monoisotopic (exact) mass is 446 g/mol. The molecule has 2 N–H and O–H groups in total. The average Bonchev–Trinajstić information content (AvgIpc) is 3.39. The van der Waals surface area contributed by atoms with E-state index >= 15 is 0 Å². The number of hydrogen-bond acceptors (Lipinski definition) is 6. The van der Waals surface area contributed by atoms with Gasteiger partial charge in [0.15, 0.2) is 5.82 Å². The van der Waals surface area contributed by atoms with Crippen LogP contribution in [0.4, 0.5) is 15.9 Å². The quantitative estimate of drug-likeness (QED) is 0.619. The second-order valence-electron chi connectivity index (χ2n) is 8.65. The fourth-order valence-electron chi connectivity index (χ4n) is 4.61. The Morgan fingerprint density at radius 2 is 2.06 bits per heavy atom. The summed E-state index contributed by atoms with van der Waals surface area (Å²) in [6.45, 7) is 2.32. The second kappa shape index (κ2) is 9.62. The van der Waals surface area contributed by atoms with E-state index in [1.165, 1.54) is 12.1 Å². The Labute approximate surface area is 192 Å². The second-order valence-corrected chi connectivity index (χ2v) is 8.65. The van der Waals surface area contributed by atoms with E-state index in [4.69, 9.17) is 4.98 Å². The molecule has 2 fully saturated rings. The fraction of sp³-hybridized carbons (Fsp3) is 0.360. The summed E-state index contributed by atoms with van der Waals surface area (Å²) in [6, 6.07) is 11.9. The zero-order valence-electron chi connectivity index (χ0n) is 18.4. The first-order chi connectivity index (χ1) is 16.2. The number of carbonyl (C=O) groups excluding carboxylic acids is 1. The van der Waals surface area contributed by atoms with Gasteiger partial charge in [-0.05, 0) is 62.6 Å². The number of halogens is 1. The molecule has 7 nitrogen and oxygen atoms in total. The van der Waals surface area contributed by atoms with Gasteiger partial charge in [-0.3, -0.25) is 9.78 Å². The van der Waals surface area contributed by atoms with Crippen LogP contribution in [-0.2, 0) is 4.79 Å². The number of hydrogen-bond donors (Lipinski definition) is 2. The van der Waals surface area contributed by atoms with Gasteiger partial charge in [-0.2, -0.15) is 0 Å². The minimum absolute atomic E-state index is 0.0645. The molecule has 0 saturated carbocycles. The lowest BCUT2D eigenvalue weighted by molar-refractivity contribution is -0.134. The van der Waals surface area contributed by atoms with Gasteiger partial charge < -0.3 is 15.5 Å². The van der Waals surface area contributed by atoms with Crippen LogP contribution in [0.1, 0.15) is 37.3 Å². The number of piperidine rings is 1. The molecule has 5 rings (SSSR count). The van der Waals surface area contributed by atoms with Crippen molar-refractivity contribution in [1.82, 2.24) is 25.2 Å². The molecule has 170 valence electrons. The molecule has 2 aromatic heterocycles. The molecule has 1 amide bonds. The number of amides is 1. The average molecular weight is 447 g/mol. The number of aromatic nitrogens is 3. The highest BCUT2D eigenvalue weighted by Gasteiger charge is 2.31. The molecule has 1 aromatic carbocycles. The van der Waals surface area contributed by atoms with Gasteiger partial charge in [0.25, 0.3) is 0 Å². The van der Waals surface area contributed by atoms with E-state index in [1.54, 1.807) is 24.5 Å². The van der Waals surface area contributed by atoms with Crippen molar-refractivity contribution in [1.29, 1.82) is 0 Å². The van der Waals surface area contributed by atoms with Gasteiger partial charge in [-0.25, -0.2) is 14.4 Å². The lowest BCUT2D eigenvalue weighted by Gasteiger charge is -2.34. The third-order valence-electron chi connectivity index (χ3n) is 6.27. The smallest absolute Gasteiger partial charge is 0.239 e. The molecule has 0 unspecified atom stereocenters. The van der Waals surface area contributed by atoms with Crippen LogP contribution < -0.4 is 10.6 Å². The number of pyridine rings is 1. The summed E-state index contributed by atoms with van der Waals surface area (Å²) in [5.41, 5.74) is 2.30. The van der Waals surface area contributed by atoms with Crippen molar-refractivity contribution in [3.05, 3.63) is 66.4 Å². The van der Waals surface area contributed by atoms with Gasteiger partial charge >= 0.3 is 0 Å². The third kappa shape index (κ3) is 5.01. The van der Waals surface area contributed by atoms with Crippen LogP contribution in [-0.4, -0.2) is 51.4 Å². The third-order valence-corrected chi connectivity index (χ3v) is 6.27. The molecule has 2 aliphatic heterocycles. The van der Waals surface area contributed by atoms with Crippen LogP contribution in [0.25, 0.3) is 11.4 Å². The Morgan fingerprint density at radius 3 is 2.85 bits per heavy atom. The molecule has 0 radical (unpaired) electrons. The van der Waals surface area contributed by atoms with Crippen molar-refractivity contribution in [3.8, 4) is 11.4 Å². The van der Waals surface area contributed by atoms with Crippen LogP contribution in [0.2, 0.25) is 0 Å². The van der Waals surface area contributed by atoms with Gasteiger partial charge in [-0.15, -0.1) is 0 Å². The van der Waals surface area contributed by atoms with E-state index in [0.717, 1.165) is 50.0 Å². The van der Waals surface area contributed by atoms with E-state index < -0.39 is 0 Å². The highest BCUT2D eigenvalue weighted by Crippen LogP contribution is 2.30. The fourth-order valence-corrected chi connectivity index (χ4v) is 4.61. The van der Waals surface area contributed by atoms with Crippen LogP contribution >= 0.6 is 0 Å². The van der Waals surface area contributed by atoms with Crippen LogP contribution in [0.3, 0.4) is 0 Å². The Balaban J connectivity index is 1.44. The summed E-state index contributed by atoms with van der Waals surface area (Å²) in [5, 5.41) is 6.53. The van der Waals surface area contributed by atoms with Crippen molar-refractivity contribution >= 4 is 17.4 Å². The lowest BCUT2D eigenvalue weighted by atomic mass is 9.93. The van der Waals surface area contributed by atoms with Crippen LogP contribution in [0, 0.1) is 5.82 Å². The number of likely N-dealkylation sites (tertiary alicyclic amines) is 1. The Kier molecular flexibility index (Phi) is 6.26. The maximum absolute atomic E-state index is 13.7. The number of nitrogens with one attached hydrogen (secondary N) is 2. The molecule has 3 aromatic rings. The molecule has 0 spiro atoms. The number of benzene rings is 1. The van der Waals surface area contributed by atoms with Gasteiger partial charge in [0.1, 0.15) is 11.6 Å². The zero-order valence-corrected chi connectivity index (χ0v) is 18.4.